The molecule has 0 radical (unpaired) electrons. The molecule has 0 unspecified atom stereocenters. The van der Waals surface area contributed by atoms with Crippen molar-refractivity contribution in [3.05, 3.63) is 57.3 Å². The summed E-state index contributed by atoms with van der Waals surface area (Å²) >= 11 is 5.83. The standard InChI is InChI=1S/C19H19ClN2O4/c20-13-6-9-16(17(12-13)22(24)25)18-10-7-15(26-18)8-11-19(23)21-14-4-2-1-3-5-14/h6-12,14H,1-5H2,(H,21,23)/b11-8+. The monoisotopic (exact) mass is 374 g/mol. The molecule has 0 saturated heterocycles. The third-order valence-electron chi connectivity index (χ3n) is 4.40. The van der Waals surface area contributed by atoms with Crippen LogP contribution in [-0.4, -0.2) is 16.9 Å². The van der Waals surface area contributed by atoms with Crippen molar-refractivity contribution in [1.82, 2.24) is 5.32 Å². The minimum atomic E-state index is -0.503. The lowest BCUT2D eigenvalue weighted by molar-refractivity contribution is -0.384. The van der Waals surface area contributed by atoms with Crippen LogP contribution in [0.3, 0.4) is 0 Å². The number of nitro groups is 1. The Morgan fingerprint density at radius 1 is 1.23 bits per heavy atom. The molecule has 1 aliphatic carbocycles. The van der Waals surface area contributed by atoms with Crippen molar-refractivity contribution >= 4 is 29.3 Å². The molecule has 1 amide bonds. The van der Waals surface area contributed by atoms with Gasteiger partial charge in [-0.05, 0) is 43.2 Å². The molecule has 0 aliphatic heterocycles. The summed E-state index contributed by atoms with van der Waals surface area (Å²) in [6.45, 7) is 0. The maximum atomic E-state index is 12.0. The fourth-order valence-corrected chi connectivity index (χ4v) is 3.27. The molecule has 0 spiro atoms. The molecule has 1 aromatic carbocycles. The van der Waals surface area contributed by atoms with Gasteiger partial charge in [-0.1, -0.05) is 30.9 Å². The van der Waals surface area contributed by atoms with Gasteiger partial charge in [0, 0.05) is 23.2 Å². The van der Waals surface area contributed by atoms with Gasteiger partial charge in [0.1, 0.15) is 11.5 Å². The molecule has 2 aromatic rings. The first kappa shape index (κ1) is 18.2. The first-order valence-electron chi connectivity index (χ1n) is 8.55. The highest BCUT2D eigenvalue weighted by Crippen LogP contribution is 2.33. The minimum absolute atomic E-state index is 0.127. The number of halogens is 1. The summed E-state index contributed by atoms with van der Waals surface area (Å²) < 4.78 is 5.63. The van der Waals surface area contributed by atoms with Crippen LogP contribution in [0.25, 0.3) is 17.4 Å². The molecule has 1 N–H and O–H groups in total. The molecule has 1 aliphatic rings. The molecular weight excluding hydrogens is 356 g/mol. The Morgan fingerprint density at radius 2 is 2.00 bits per heavy atom. The van der Waals surface area contributed by atoms with E-state index in [1.807, 2.05) is 0 Å². The number of furan rings is 1. The van der Waals surface area contributed by atoms with E-state index in [0.717, 1.165) is 25.7 Å². The molecule has 6 nitrogen and oxygen atoms in total. The Morgan fingerprint density at radius 3 is 2.73 bits per heavy atom. The zero-order chi connectivity index (χ0) is 18.5. The molecule has 26 heavy (non-hydrogen) atoms. The fraction of sp³-hybridized carbons (Fsp3) is 0.316. The normalized spacial score (nSPS) is 15.3. The number of hydrogen-bond donors (Lipinski definition) is 1. The molecule has 7 heteroatoms. The van der Waals surface area contributed by atoms with Gasteiger partial charge in [0.05, 0.1) is 10.5 Å². The first-order chi connectivity index (χ1) is 12.5. The Kier molecular flexibility index (Phi) is 5.73. The van der Waals surface area contributed by atoms with Gasteiger partial charge in [0.2, 0.25) is 5.91 Å². The van der Waals surface area contributed by atoms with Gasteiger partial charge in [0.15, 0.2) is 0 Å². The van der Waals surface area contributed by atoms with Crippen molar-refractivity contribution in [2.45, 2.75) is 38.1 Å². The van der Waals surface area contributed by atoms with Crippen molar-refractivity contribution in [3.8, 4) is 11.3 Å². The van der Waals surface area contributed by atoms with Crippen molar-refractivity contribution < 1.29 is 14.1 Å². The van der Waals surface area contributed by atoms with Crippen LogP contribution in [-0.2, 0) is 4.79 Å². The van der Waals surface area contributed by atoms with Gasteiger partial charge >= 0.3 is 0 Å². The summed E-state index contributed by atoms with van der Waals surface area (Å²) in [5.41, 5.74) is 0.211. The highest BCUT2D eigenvalue weighted by atomic mass is 35.5. The van der Waals surface area contributed by atoms with Gasteiger partial charge in [-0.15, -0.1) is 0 Å². The largest absolute Gasteiger partial charge is 0.456 e. The average molecular weight is 375 g/mol. The van der Waals surface area contributed by atoms with Crippen molar-refractivity contribution in [2.24, 2.45) is 0 Å². The Bertz CT molecular complexity index is 838. The second kappa shape index (κ2) is 8.19. The van der Waals surface area contributed by atoms with E-state index >= 15 is 0 Å². The summed E-state index contributed by atoms with van der Waals surface area (Å²) in [5, 5.41) is 14.5. The smallest absolute Gasteiger partial charge is 0.281 e. The Labute approximate surface area is 156 Å². The van der Waals surface area contributed by atoms with Crippen LogP contribution in [0, 0.1) is 10.1 Å². The van der Waals surface area contributed by atoms with E-state index in [4.69, 9.17) is 16.0 Å². The predicted octanol–water partition coefficient (Wildman–Crippen LogP) is 4.97. The molecule has 3 rings (SSSR count). The van der Waals surface area contributed by atoms with E-state index in [-0.39, 0.29) is 22.7 Å². The number of nitrogens with one attached hydrogen (secondary N) is 1. The van der Waals surface area contributed by atoms with Crippen LogP contribution in [0.1, 0.15) is 37.9 Å². The van der Waals surface area contributed by atoms with Crippen molar-refractivity contribution in [1.29, 1.82) is 0 Å². The lowest BCUT2D eigenvalue weighted by Gasteiger charge is -2.21. The first-order valence-corrected chi connectivity index (χ1v) is 8.93. The van der Waals surface area contributed by atoms with E-state index in [9.17, 15) is 14.9 Å². The van der Waals surface area contributed by atoms with E-state index < -0.39 is 4.92 Å². The zero-order valence-electron chi connectivity index (χ0n) is 14.1. The zero-order valence-corrected chi connectivity index (χ0v) is 14.9. The molecule has 1 fully saturated rings. The summed E-state index contributed by atoms with van der Waals surface area (Å²) in [5.74, 6) is 0.635. The van der Waals surface area contributed by atoms with Gasteiger partial charge in [-0.3, -0.25) is 14.9 Å². The van der Waals surface area contributed by atoms with E-state index in [1.165, 1.54) is 18.6 Å². The maximum Gasteiger partial charge on any atom is 0.281 e. The number of amides is 1. The summed E-state index contributed by atoms with van der Waals surface area (Å²) in [4.78, 5) is 22.7. The third-order valence-corrected chi connectivity index (χ3v) is 4.63. The maximum absolute atomic E-state index is 12.0. The predicted molar refractivity (Wildman–Crippen MR) is 99.9 cm³/mol. The fourth-order valence-electron chi connectivity index (χ4n) is 3.11. The van der Waals surface area contributed by atoms with Crippen molar-refractivity contribution in [2.75, 3.05) is 0 Å². The highest BCUT2D eigenvalue weighted by Gasteiger charge is 2.18. The molecule has 1 heterocycles. The average Bonchev–Trinajstić information content (AvgIpc) is 3.09. The Balaban J connectivity index is 1.70. The number of hydrogen-bond acceptors (Lipinski definition) is 4. The van der Waals surface area contributed by atoms with E-state index in [1.54, 1.807) is 30.3 Å². The van der Waals surface area contributed by atoms with Crippen LogP contribution >= 0.6 is 11.6 Å². The second-order valence-electron chi connectivity index (χ2n) is 6.30. The van der Waals surface area contributed by atoms with Crippen LogP contribution in [0.15, 0.2) is 40.8 Å². The SMILES string of the molecule is O=C(/C=C/c1ccc(-c2ccc(Cl)cc2[N+](=O)[O-])o1)NC1CCCCC1. The third kappa shape index (κ3) is 4.52. The number of nitrogens with zero attached hydrogens (tertiary/aromatic N) is 1. The quantitative estimate of drug-likeness (QED) is 0.454. The van der Waals surface area contributed by atoms with Crippen LogP contribution in [0.5, 0.6) is 0 Å². The molecule has 0 bridgehead atoms. The number of carbonyl (C=O) groups excluding carboxylic acids is 1. The molecule has 136 valence electrons. The number of rotatable bonds is 5. The van der Waals surface area contributed by atoms with Gasteiger partial charge in [-0.2, -0.15) is 0 Å². The molecule has 1 saturated carbocycles. The van der Waals surface area contributed by atoms with Crippen LogP contribution in [0.2, 0.25) is 5.02 Å². The highest BCUT2D eigenvalue weighted by molar-refractivity contribution is 6.30. The lowest BCUT2D eigenvalue weighted by Crippen LogP contribution is -2.34. The second-order valence-corrected chi connectivity index (χ2v) is 6.73. The Hall–Kier alpha value is -2.60. The van der Waals surface area contributed by atoms with Crippen LogP contribution in [0.4, 0.5) is 5.69 Å². The summed E-state index contributed by atoms with van der Waals surface area (Å²) in [6, 6.07) is 7.94. The minimum Gasteiger partial charge on any atom is -0.456 e. The topological polar surface area (TPSA) is 85.4 Å². The van der Waals surface area contributed by atoms with Gasteiger partial charge < -0.3 is 9.73 Å². The molecular formula is C19H19ClN2O4. The van der Waals surface area contributed by atoms with Crippen molar-refractivity contribution in [3.63, 3.8) is 0 Å². The van der Waals surface area contributed by atoms with E-state index in [2.05, 4.69) is 5.32 Å². The lowest BCUT2D eigenvalue weighted by atomic mass is 9.95. The van der Waals surface area contributed by atoms with Gasteiger partial charge in [0.25, 0.3) is 5.69 Å². The van der Waals surface area contributed by atoms with E-state index in [0.29, 0.717) is 17.1 Å². The number of carbonyl (C=O) groups is 1. The molecule has 0 atom stereocenters. The van der Waals surface area contributed by atoms with Gasteiger partial charge in [-0.25, -0.2) is 0 Å². The number of nitro benzene ring substituents is 1. The van der Waals surface area contributed by atoms with Crippen LogP contribution < -0.4 is 5.32 Å². The summed E-state index contributed by atoms with van der Waals surface area (Å²) in [6.07, 6.45) is 8.55. The molecule has 1 aromatic heterocycles. The summed E-state index contributed by atoms with van der Waals surface area (Å²) in [7, 11) is 0. The number of benzene rings is 1.